The van der Waals surface area contributed by atoms with E-state index in [1.54, 1.807) is 0 Å². The van der Waals surface area contributed by atoms with Crippen LogP contribution in [0.4, 0.5) is 24.5 Å². The molecule has 1 unspecified atom stereocenters. The normalized spacial score (nSPS) is 17.3. The lowest BCUT2D eigenvalue weighted by molar-refractivity contribution is -0.137. The number of amides is 1. The largest absolute Gasteiger partial charge is 0.416 e. The number of benzene rings is 2. The molecular weight excluding hydrogens is 353 g/mol. The Morgan fingerprint density at radius 3 is 2.41 bits per heavy atom. The van der Waals surface area contributed by atoms with Crippen molar-refractivity contribution < 1.29 is 18.0 Å². The number of hydrogen-bond acceptors (Lipinski definition) is 2. The third-order valence-corrected chi connectivity index (χ3v) is 4.94. The van der Waals surface area contributed by atoms with Crippen molar-refractivity contribution in [2.24, 2.45) is 0 Å². The SMILES string of the molecule is Cc1cc(C)c(N2CCCC2C(=O)Nc2cccc(C(F)(F)F)c2)c(C)c1. The first-order valence-electron chi connectivity index (χ1n) is 8.99. The van der Waals surface area contributed by atoms with Crippen molar-refractivity contribution in [2.75, 3.05) is 16.8 Å². The van der Waals surface area contributed by atoms with Gasteiger partial charge in [-0.1, -0.05) is 23.8 Å². The summed E-state index contributed by atoms with van der Waals surface area (Å²) in [5.41, 5.74) is 3.81. The van der Waals surface area contributed by atoms with Gasteiger partial charge in [0.15, 0.2) is 0 Å². The number of halogens is 3. The summed E-state index contributed by atoms with van der Waals surface area (Å²) in [4.78, 5) is 14.9. The standard InChI is InChI=1S/C21H23F3N2O/c1-13-10-14(2)19(15(3)11-13)26-9-5-8-18(26)20(27)25-17-7-4-6-16(12-17)21(22,23)24/h4,6-7,10-12,18H,5,8-9H2,1-3H3,(H,25,27). The van der Waals surface area contributed by atoms with E-state index in [0.29, 0.717) is 6.42 Å². The maximum Gasteiger partial charge on any atom is 0.416 e. The first-order chi connectivity index (χ1) is 12.7. The molecule has 0 saturated carbocycles. The smallest absolute Gasteiger partial charge is 0.359 e. The lowest BCUT2D eigenvalue weighted by Crippen LogP contribution is -2.40. The number of nitrogens with zero attached hydrogens (tertiary/aromatic N) is 1. The Kier molecular flexibility index (Phi) is 5.18. The highest BCUT2D eigenvalue weighted by Gasteiger charge is 2.33. The van der Waals surface area contributed by atoms with Crippen LogP contribution in [0.2, 0.25) is 0 Å². The Bertz CT molecular complexity index is 838. The van der Waals surface area contributed by atoms with E-state index in [2.05, 4.69) is 22.3 Å². The van der Waals surface area contributed by atoms with Crippen molar-refractivity contribution in [3.8, 4) is 0 Å². The highest BCUT2D eigenvalue weighted by Crippen LogP contribution is 2.34. The zero-order valence-electron chi connectivity index (χ0n) is 15.7. The predicted octanol–water partition coefficient (Wildman–Crippen LogP) is 5.24. The fourth-order valence-corrected chi connectivity index (χ4v) is 3.93. The van der Waals surface area contributed by atoms with Crippen molar-refractivity contribution in [3.63, 3.8) is 0 Å². The Labute approximate surface area is 157 Å². The topological polar surface area (TPSA) is 32.3 Å². The third kappa shape index (κ3) is 4.10. The van der Waals surface area contributed by atoms with Crippen LogP contribution in [0.3, 0.4) is 0 Å². The van der Waals surface area contributed by atoms with Gasteiger partial charge in [0.1, 0.15) is 6.04 Å². The molecule has 144 valence electrons. The molecule has 1 aliphatic rings. The van der Waals surface area contributed by atoms with Crippen LogP contribution in [0.5, 0.6) is 0 Å². The molecule has 1 heterocycles. The van der Waals surface area contributed by atoms with Crippen molar-refractivity contribution in [1.29, 1.82) is 0 Å². The van der Waals surface area contributed by atoms with Gasteiger partial charge in [-0.2, -0.15) is 13.2 Å². The molecule has 0 aliphatic carbocycles. The summed E-state index contributed by atoms with van der Waals surface area (Å²) >= 11 is 0. The summed E-state index contributed by atoms with van der Waals surface area (Å²) in [7, 11) is 0. The van der Waals surface area contributed by atoms with Crippen molar-refractivity contribution >= 4 is 17.3 Å². The number of alkyl halides is 3. The molecule has 3 nitrogen and oxygen atoms in total. The molecule has 2 aromatic carbocycles. The highest BCUT2D eigenvalue weighted by molar-refractivity contribution is 5.97. The lowest BCUT2D eigenvalue weighted by atomic mass is 10.0. The van der Waals surface area contributed by atoms with E-state index < -0.39 is 11.7 Å². The van der Waals surface area contributed by atoms with Gasteiger partial charge in [-0.05, 0) is 62.9 Å². The van der Waals surface area contributed by atoms with Crippen LogP contribution in [0.15, 0.2) is 36.4 Å². The maximum absolute atomic E-state index is 12.9. The summed E-state index contributed by atoms with van der Waals surface area (Å²) in [5.74, 6) is -0.272. The molecule has 1 N–H and O–H groups in total. The van der Waals surface area contributed by atoms with E-state index in [1.165, 1.54) is 12.1 Å². The van der Waals surface area contributed by atoms with E-state index in [0.717, 1.165) is 47.5 Å². The number of rotatable bonds is 3. The van der Waals surface area contributed by atoms with Crippen molar-refractivity contribution in [3.05, 3.63) is 58.7 Å². The van der Waals surface area contributed by atoms with E-state index in [4.69, 9.17) is 0 Å². The van der Waals surface area contributed by atoms with Gasteiger partial charge in [-0.25, -0.2) is 0 Å². The van der Waals surface area contributed by atoms with Crippen LogP contribution in [-0.4, -0.2) is 18.5 Å². The van der Waals surface area contributed by atoms with Gasteiger partial charge in [-0.15, -0.1) is 0 Å². The highest BCUT2D eigenvalue weighted by atomic mass is 19.4. The molecule has 0 spiro atoms. The third-order valence-electron chi connectivity index (χ3n) is 4.94. The second kappa shape index (κ2) is 7.25. The summed E-state index contributed by atoms with van der Waals surface area (Å²) in [6, 6.07) is 8.54. The molecule has 1 saturated heterocycles. The average Bonchev–Trinajstić information content (AvgIpc) is 3.02. The molecule has 6 heteroatoms. The first-order valence-corrected chi connectivity index (χ1v) is 8.99. The summed E-state index contributed by atoms with van der Waals surface area (Å²) in [6.45, 7) is 6.84. The minimum absolute atomic E-state index is 0.166. The molecule has 0 bridgehead atoms. The molecular formula is C21H23F3N2O. The summed E-state index contributed by atoms with van der Waals surface area (Å²) in [6.07, 6.45) is -2.89. The van der Waals surface area contributed by atoms with E-state index >= 15 is 0 Å². The Balaban J connectivity index is 1.83. The van der Waals surface area contributed by atoms with Gasteiger partial charge in [-0.3, -0.25) is 4.79 Å². The molecule has 1 atom stereocenters. The van der Waals surface area contributed by atoms with Crippen LogP contribution in [-0.2, 0) is 11.0 Å². The minimum atomic E-state index is -4.43. The fraction of sp³-hybridized carbons (Fsp3) is 0.381. The molecule has 2 aromatic rings. The van der Waals surface area contributed by atoms with Gasteiger partial charge in [0.05, 0.1) is 5.56 Å². The van der Waals surface area contributed by atoms with Crippen LogP contribution < -0.4 is 10.2 Å². The van der Waals surface area contributed by atoms with Gasteiger partial charge >= 0.3 is 6.18 Å². The molecule has 0 aromatic heterocycles. The second-order valence-corrected chi connectivity index (χ2v) is 7.17. The van der Waals surface area contributed by atoms with Crippen LogP contribution in [0.1, 0.15) is 35.1 Å². The number of carbonyl (C=O) groups is 1. The summed E-state index contributed by atoms with van der Waals surface area (Å²) < 4.78 is 38.7. The Hall–Kier alpha value is -2.50. The monoisotopic (exact) mass is 376 g/mol. The second-order valence-electron chi connectivity index (χ2n) is 7.17. The van der Waals surface area contributed by atoms with Crippen LogP contribution >= 0.6 is 0 Å². The molecule has 3 rings (SSSR count). The summed E-state index contributed by atoms with van der Waals surface area (Å²) in [5, 5.41) is 2.67. The van der Waals surface area contributed by atoms with E-state index in [1.807, 2.05) is 20.8 Å². The molecule has 0 radical (unpaired) electrons. The van der Waals surface area contributed by atoms with Gasteiger partial charge in [0.25, 0.3) is 0 Å². The number of carbonyl (C=O) groups excluding carboxylic acids is 1. The zero-order chi connectivity index (χ0) is 19.8. The number of hydrogen-bond donors (Lipinski definition) is 1. The fourth-order valence-electron chi connectivity index (χ4n) is 3.93. The van der Waals surface area contributed by atoms with E-state index in [9.17, 15) is 18.0 Å². The predicted molar refractivity (Wildman–Crippen MR) is 101 cm³/mol. The first kappa shape index (κ1) is 19.3. The minimum Gasteiger partial charge on any atom is -0.359 e. The van der Waals surface area contributed by atoms with Gasteiger partial charge in [0, 0.05) is 17.9 Å². The zero-order valence-corrected chi connectivity index (χ0v) is 15.7. The number of aryl methyl sites for hydroxylation is 3. The van der Waals surface area contributed by atoms with Crippen LogP contribution in [0, 0.1) is 20.8 Å². The van der Waals surface area contributed by atoms with E-state index in [-0.39, 0.29) is 17.6 Å². The molecule has 1 fully saturated rings. The number of nitrogens with one attached hydrogen (secondary N) is 1. The quantitative estimate of drug-likeness (QED) is 0.795. The molecule has 1 aliphatic heterocycles. The van der Waals surface area contributed by atoms with Crippen molar-refractivity contribution in [1.82, 2.24) is 0 Å². The van der Waals surface area contributed by atoms with Crippen LogP contribution in [0.25, 0.3) is 0 Å². The van der Waals surface area contributed by atoms with Crippen molar-refractivity contribution in [2.45, 2.75) is 45.8 Å². The molecule has 1 amide bonds. The maximum atomic E-state index is 12.9. The number of anilines is 2. The average molecular weight is 376 g/mol. The Morgan fingerprint density at radius 1 is 1.11 bits per heavy atom. The van der Waals surface area contributed by atoms with Gasteiger partial charge in [0.2, 0.25) is 5.91 Å². The Morgan fingerprint density at radius 2 is 1.78 bits per heavy atom. The van der Waals surface area contributed by atoms with Gasteiger partial charge < -0.3 is 10.2 Å². The lowest BCUT2D eigenvalue weighted by Gasteiger charge is -2.29. The molecule has 27 heavy (non-hydrogen) atoms.